The number of quaternary nitrogens is 1. The Kier molecular flexibility index (Phi) is 6.11. The topological polar surface area (TPSA) is 118 Å². The average molecular weight is 321 g/mol. The monoisotopic (exact) mass is 321 g/mol. The van der Waals surface area contributed by atoms with Gasteiger partial charge in [-0.15, -0.1) is 0 Å². The van der Waals surface area contributed by atoms with E-state index in [1.807, 2.05) is 6.92 Å². The first-order valence-electron chi connectivity index (χ1n) is 7.40. The molecule has 8 heteroatoms. The van der Waals surface area contributed by atoms with Gasteiger partial charge < -0.3 is 15.7 Å². The third-order valence-electron chi connectivity index (χ3n) is 4.41. The molecule has 4 N–H and O–H groups in total. The maximum atomic E-state index is 12.4. The second-order valence-electron chi connectivity index (χ2n) is 5.88. The summed E-state index contributed by atoms with van der Waals surface area (Å²) in [5, 5.41) is 9.43. The lowest BCUT2D eigenvalue weighted by molar-refractivity contribution is -0.791. The molecule has 0 aliphatic carbocycles. The van der Waals surface area contributed by atoms with Gasteiger partial charge in [0.15, 0.2) is 0 Å². The molecule has 0 aromatic carbocycles. The fraction of sp³-hybridized carbons (Fsp3) is 0.846. The Morgan fingerprint density at radius 3 is 2.52 bits per heavy atom. The van der Waals surface area contributed by atoms with Crippen molar-refractivity contribution >= 4 is 19.4 Å². The second kappa shape index (κ2) is 7.01. The van der Waals surface area contributed by atoms with Crippen LogP contribution < -0.4 is 5.73 Å². The molecule has 0 radical (unpaired) electrons. The van der Waals surface area contributed by atoms with Crippen LogP contribution >= 0.6 is 7.37 Å². The maximum Gasteiger partial charge on any atom is 0.521 e. The quantitative estimate of drug-likeness (QED) is 0.508. The van der Waals surface area contributed by atoms with E-state index in [0.717, 1.165) is 6.42 Å². The van der Waals surface area contributed by atoms with Crippen LogP contribution in [0.3, 0.4) is 0 Å². The van der Waals surface area contributed by atoms with Gasteiger partial charge in [-0.05, 0) is 13.3 Å². The molecule has 1 fully saturated rings. The van der Waals surface area contributed by atoms with Crippen LogP contribution in [0.5, 0.6) is 0 Å². The molecule has 1 saturated heterocycles. The van der Waals surface area contributed by atoms with Gasteiger partial charge in [-0.1, -0.05) is 19.8 Å². The predicted octanol–water partition coefficient (Wildman–Crippen LogP) is 1.94. The van der Waals surface area contributed by atoms with E-state index in [1.54, 1.807) is 6.92 Å². The Hall–Kier alpha value is -0.750. The van der Waals surface area contributed by atoms with Gasteiger partial charge in [0.2, 0.25) is 7.37 Å². The number of hydrogen-bond acceptors (Lipinski definition) is 4. The smallest absolute Gasteiger partial charge is 0.435 e. The molecule has 0 spiro atoms. The highest BCUT2D eigenvalue weighted by Gasteiger charge is 2.54. The average Bonchev–Trinajstić information content (AvgIpc) is 2.78. The first kappa shape index (κ1) is 18.3. The van der Waals surface area contributed by atoms with Crippen molar-refractivity contribution < 1.29 is 28.6 Å². The standard InChI is InChI=1S/C13H25N2O5P/c1-3-4-7-11(14)21(19,20)9-12(16)15(13(17)18)8-5-6-10(15)2/h10-11H,3-9,14H2,1-2H3,(H-,17,18,19,20)/p+1/t10-,11?,15?/m1/s1. The Balaban J connectivity index is 2.87. The minimum atomic E-state index is -3.88. The van der Waals surface area contributed by atoms with Crippen molar-refractivity contribution in [1.29, 1.82) is 0 Å². The zero-order chi connectivity index (χ0) is 16.3. The molecular formula is C13H26N2O5P+. The highest BCUT2D eigenvalue weighted by molar-refractivity contribution is 7.59. The molecular weight excluding hydrogens is 295 g/mol. The lowest BCUT2D eigenvalue weighted by Crippen LogP contribution is -2.59. The number of nitrogens with two attached hydrogens (primary N) is 1. The number of nitrogens with zero attached hydrogens (tertiary/aromatic N) is 1. The Labute approximate surface area is 125 Å². The maximum absolute atomic E-state index is 12.4. The molecule has 21 heavy (non-hydrogen) atoms. The highest BCUT2D eigenvalue weighted by Crippen LogP contribution is 2.47. The number of hydrogen-bond donors (Lipinski definition) is 3. The zero-order valence-electron chi connectivity index (χ0n) is 12.7. The van der Waals surface area contributed by atoms with Crippen molar-refractivity contribution in [3.8, 4) is 0 Å². The summed E-state index contributed by atoms with van der Waals surface area (Å²) >= 11 is 0. The molecule has 1 heterocycles. The molecule has 122 valence electrons. The van der Waals surface area contributed by atoms with E-state index in [1.165, 1.54) is 0 Å². The molecule has 0 saturated carbocycles. The molecule has 3 unspecified atom stereocenters. The van der Waals surface area contributed by atoms with Gasteiger partial charge in [-0.3, -0.25) is 4.57 Å². The summed E-state index contributed by atoms with van der Waals surface area (Å²) in [6.07, 6.45) is 1.25. The third kappa shape index (κ3) is 3.72. The van der Waals surface area contributed by atoms with Gasteiger partial charge in [0.05, 0.1) is 12.3 Å². The van der Waals surface area contributed by atoms with E-state index in [0.29, 0.717) is 25.7 Å². The lowest BCUT2D eigenvalue weighted by Gasteiger charge is -2.30. The van der Waals surface area contributed by atoms with Gasteiger partial charge in [0, 0.05) is 12.8 Å². The van der Waals surface area contributed by atoms with Crippen molar-refractivity contribution in [3.63, 3.8) is 0 Å². The molecule has 4 atom stereocenters. The van der Waals surface area contributed by atoms with Crippen LogP contribution in [-0.4, -0.2) is 51.0 Å². The minimum absolute atomic E-state index is 0.180. The van der Waals surface area contributed by atoms with E-state index >= 15 is 0 Å². The van der Waals surface area contributed by atoms with Crippen LogP contribution in [0.1, 0.15) is 46.0 Å². The van der Waals surface area contributed by atoms with Gasteiger partial charge in [0.1, 0.15) is 12.2 Å². The number of rotatable bonds is 6. The summed E-state index contributed by atoms with van der Waals surface area (Å²) in [7, 11) is -3.88. The van der Waals surface area contributed by atoms with Crippen molar-refractivity contribution in [3.05, 3.63) is 0 Å². The van der Waals surface area contributed by atoms with Gasteiger partial charge in [0.25, 0.3) is 0 Å². The summed E-state index contributed by atoms with van der Waals surface area (Å²) in [5.74, 6) is -1.67. The second-order valence-corrected chi connectivity index (χ2v) is 8.37. The summed E-state index contributed by atoms with van der Waals surface area (Å²) in [5.41, 5.74) is 5.72. The summed E-state index contributed by atoms with van der Waals surface area (Å²) < 4.78 is 11.5. The molecule has 1 aliphatic rings. The number of carbonyl (C=O) groups is 2. The minimum Gasteiger partial charge on any atom is -0.435 e. The van der Waals surface area contributed by atoms with E-state index in [4.69, 9.17) is 5.73 Å². The number of unbranched alkanes of at least 4 members (excludes halogenated alkanes) is 1. The molecule has 0 aromatic heterocycles. The first-order chi connectivity index (χ1) is 9.68. The number of amides is 2. The Morgan fingerprint density at radius 2 is 2.10 bits per heavy atom. The van der Waals surface area contributed by atoms with Crippen LogP contribution in [0, 0.1) is 0 Å². The van der Waals surface area contributed by atoms with Gasteiger partial charge in [-0.25, -0.2) is 4.79 Å². The molecule has 7 nitrogen and oxygen atoms in total. The summed E-state index contributed by atoms with van der Waals surface area (Å²) in [4.78, 5) is 34.0. The van der Waals surface area contributed by atoms with Crippen LogP contribution in [0.25, 0.3) is 0 Å². The number of carbonyl (C=O) groups excluding carboxylic acids is 1. The van der Waals surface area contributed by atoms with Crippen molar-refractivity contribution in [1.82, 2.24) is 0 Å². The van der Waals surface area contributed by atoms with Crippen molar-refractivity contribution in [2.45, 2.75) is 57.8 Å². The normalized spacial score (nSPS) is 29.8. The largest absolute Gasteiger partial charge is 0.521 e. The molecule has 1 rings (SSSR count). The number of carboxylic acid groups (broad SMARTS) is 1. The van der Waals surface area contributed by atoms with Crippen LogP contribution in [0.4, 0.5) is 4.79 Å². The SMILES string of the molecule is CCCCC(N)P(=O)(O)CC(=O)[N+]1(C(=O)O)CCC[C@H]1C. The first-order valence-corrected chi connectivity index (χ1v) is 9.31. The Morgan fingerprint density at radius 1 is 1.48 bits per heavy atom. The van der Waals surface area contributed by atoms with E-state index in [-0.39, 0.29) is 12.6 Å². The highest BCUT2D eigenvalue weighted by atomic mass is 31.2. The molecule has 1 aliphatic heterocycles. The number of imide groups is 1. The molecule has 0 aromatic rings. The number of likely N-dealkylation sites (tertiary alicyclic amines) is 1. The van der Waals surface area contributed by atoms with E-state index in [2.05, 4.69) is 0 Å². The van der Waals surface area contributed by atoms with E-state index < -0.39 is 35.8 Å². The summed E-state index contributed by atoms with van der Waals surface area (Å²) in [6.45, 7) is 3.81. The van der Waals surface area contributed by atoms with Crippen LogP contribution in [0.15, 0.2) is 0 Å². The van der Waals surface area contributed by atoms with E-state index in [9.17, 15) is 24.2 Å². The fourth-order valence-electron chi connectivity index (χ4n) is 2.89. The van der Waals surface area contributed by atoms with Crippen molar-refractivity contribution in [2.24, 2.45) is 5.73 Å². The van der Waals surface area contributed by atoms with Gasteiger partial charge >= 0.3 is 12.0 Å². The molecule has 0 bridgehead atoms. The van der Waals surface area contributed by atoms with Crippen molar-refractivity contribution in [2.75, 3.05) is 12.7 Å². The van der Waals surface area contributed by atoms with Gasteiger partial charge in [-0.2, -0.15) is 9.28 Å². The summed E-state index contributed by atoms with van der Waals surface area (Å²) in [6, 6.07) is -0.373. The zero-order valence-corrected chi connectivity index (χ0v) is 13.6. The predicted molar refractivity (Wildman–Crippen MR) is 79.0 cm³/mol. The third-order valence-corrected chi connectivity index (χ3v) is 6.42. The Bertz CT molecular complexity index is 456. The lowest BCUT2D eigenvalue weighted by atomic mass is 10.2. The van der Waals surface area contributed by atoms with Crippen LogP contribution in [-0.2, 0) is 9.36 Å². The molecule has 2 amide bonds. The van der Waals surface area contributed by atoms with Crippen LogP contribution in [0.2, 0.25) is 0 Å². The fourth-order valence-corrected chi connectivity index (χ4v) is 4.35.